The minimum Gasteiger partial charge on any atom is -0.439 e. The minimum atomic E-state index is -0.0977. The number of carbonyl (C=O) groups is 2. The second-order valence-corrected chi connectivity index (χ2v) is 8.03. The van der Waals surface area contributed by atoms with Crippen LogP contribution in [-0.2, 0) is 11.2 Å². The predicted octanol–water partition coefficient (Wildman–Crippen LogP) is 3.56. The number of ether oxygens (including phenoxy) is 1. The molecule has 0 atom stereocenters. The van der Waals surface area contributed by atoms with E-state index in [1.807, 2.05) is 42.5 Å². The van der Waals surface area contributed by atoms with Gasteiger partial charge in [0.05, 0.1) is 12.0 Å². The fourth-order valence-corrected chi connectivity index (χ4v) is 3.57. The molecule has 1 aromatic carbocycles. The van der Waals surface area contributed by atoms with E-state index in [4.69, 9.17) is 4.74 Å². The fourth-order valence-electron chi connectivity index (χ4n) is 3.30. The monoisotopic (exact) mass is 480 g/mol. The number of hydrogen-bond donors (Lipinski definition) is 0. The largest absolute Gasteiger partial charge is 0.439 e. The van der Waals surface area contributed by atoms with Crippen LogP contribution in [0.2, 0.25) is 0 Å². The molecule has 2 amide bonds. The molecule has 1 aliphatic heterocycles. The molecule has 158 valence electrons. The van der Waals surface area contributed by atoms with Crippen molar-refractivity contribution < 1.29 is 14.3 Å². The first-order chi connectivity index (χ1) is 15.1. The van der Waals surface area contributed by atoms with E-state index in [1.54, 1.807) is 28.1 Å². The molecule has 0 unspecified atom stereocenters. The highest BCUT2D eigenvalue weighted by Gasteiger charge is 2.25. The van der Waals surface area contributed by atoms with Gasteiger partial charge in [-0.3, -0.25) is 14.6 Å². The highest BCUT2D eigenvalue weighted by molar-refractivity contribution is 9.10. The first-order valence-electron chi connectivity index (χ1n) is 9.95. The van der Waals surface area contributed by atoms with Crippen LogP contribution in [0.4, 0.5) is 0 Å². The van der Waals surface area contributed by atoms with Crippen molar-refractivity contribution in [2.75, 3.05) is 26.2 Å². The summed E-state index contributed by atoms with van der Waals surface area (Å²) in [5.74, 6) is 1.02. The minimum absolute atomic E-state index is 0.0295. The number of nitrogens with zero attached hydrogens (tertiary/aromatic N) is 4. The van der Waals surface area contributed by atoms with E-state index in [2.05, 4.69) is 25.9 Å². The van der Waals surface area contributed by atoms with Crippen LogP contribution < -0.4 is 4.74 Å². The number of hydrogen-bond acceptors (Lipinski definition) is 5. The van der Waals surface area contributed by atoms with Crippen molar-refractivity contribution in [3.05, 3.63) is 82.7 Å². The summed E-state index contributed by atoms with van der Waals surface area (Å²) in [4.78, 5) is 37.3. The lowest BCUT2D eigenvalue weighted by molar-refractivity contribution is -0.132. The third-order valence-corrected chi connectivity index (χ3v) is 5.53. The molecule has 0 bridgehead atoms. The fraction of sp³-hybridized carbons (Fsp3) is 0.217. The van der Waals surface area contributed by atoms with Gasteiger partial charge in [0.2, 0.25) is 11.8 Å². The van der Waals surface area contributed by atoms with Gasteiger partial charge in [-0.25, -0.2) is 4.98 Å². The van der Waals surface area contributed by atoms with Gasteiger partial charge in [0.15, 0.2) is 0 Å². The zero-order chi connectivity index (χ0) is 21.6. The molecule has 8 heteroatoms. The lowest BCUT2D eigenvalue weighted by Crippen LogP contribution is -2.51. The van der Waals surface area contributed by atoms with Gasteiger partial charge in [-0.2, -0.15) is 0 Å². The van der Waals surface area contributed by atoms with Crippen LogP contribution in [0, 0.1) is 0 Å². The molecule has 1 fully saturated rings. The molecule has 7 nitrogen and oxygen atoms in total. The Balaban J connectivity index is 1.30. The third kappa shape index (κ3) is 5.46. The summed E-state index contributed by atoms with van der Waals surface area (Å²) in [6, 6.07) is 16.4. The summed E-state index contributed by atoms with van der Waals surface area (Å²) in [6.45, 7) is 2.00. The maximum Gasteiger partial charge on any atom is 0.255 e. The van der Waals surface area contributed by atoms with E-state index in [0.717, 1.165) is 10.2 Å². The third-order valence-electron chi connectivity index (χ3n) is 5.00. The molecule has 0 N–H and O–H groups in total. The number of piperazine rings is 1. The van der Waals surface area contributed by atoms with Gasteiger partial charge in [0.1, 0.15) is 5.75 Å². The van der Waals surface area contributed by atoms with Crippen molar-refractivity contribution in [2.45, 2.75) is 6.42 Å². The lowest BCUT2D eigenvalue weighted by Gasteiger charge is -2.34. The quantitative estimate of drug-likeness (QED) is 0.557. The SMILES string of the molecule is O=C(Cc1ccccn1)N1CCN(C(=O)c2ccc(Oc3ccc(Br)cc3)nc2)CC1. The van der Waals surface area contributed by atoms with Crippen LogP contribution in [-0.4, -0.2) is 57.8 Å². The van der Waals surface area contributed by atoms with E-state index in [1.165, 1.54) is 6.20 Å². The highest BCUT2D eigenvalue weighted by Crippen LogP contribution is 2.22. The molecule has 4 rings (SSSR count). The van der Waals surface area contributed by atoms with E-state index in [-0.39, 0.29) is 18.2 Å². The maximum atomic E-state index is 12.8. The molecule has 3 aromatic rings. The van der Waals surface area contributed by atoms with E-state index >= 15 is 0 Å². The zero-order valence-electron chi connectivity index (χ0n) is 16.8. The van der Waals surface area contributed by atoms with Crippen LogP contribution in [0.25, 0.3) is 0 Å². The van der Waals surface area contributed by atoms with Crippen molar-refractivity contribution in [2.24, 2.45) is 0 Å². The van der Waals surface area contributed by atoms with Crippen molar-refractivity contribution in [1.82, 2.24) is 19.8 Å². The van der Waals surface area contributed by atoms with Crippen LogP contribution in [0.15, 0.2) is 71.5 Å². The molecule has 3 heterocycles. The second kappa shape index (κ2) is 9.70. The van der Waals surface area contributed by atoms with Crippen LogP contribution in [0.1, 0.15) is 16.1 Å². The molecule has 0 saturated carbocycles. The zero-order valence-corrected chi connectivity index (χ0v) is 18.4. The highest BCUT2D eigenvalue weighted by atomic mass is 79.9. The van der Waals surface area contributed by atoms with Crippen molar-refractivity contribution >= 4 is 27.7 Å². The van der Waals surface area contributed by atoms with E-state index in [0.29, 0.717) is 43.4 Å². The summed E-state index contributed by atoms with van der Waals surface area (Å²) < 4.78 is 6.66. The Hall–Kier alpha value is -3.26. The van der Waals surface area contributed by atoms with Gasteiger partial charge in [-0.15, -0.1) is 0 Å². The number of pyridine rings is 2. The normalized spacial score (nSPS) is 13.7. The Morgan fingerprint density at radius 3 is 2.29 bits per heavy atom. The summed E-state index contributed by atoms with van der Waals surface area (Å²) in [7, 11) is 0. The standard InChI is InChI=1S/C23H21BrN4O3/c24-18-5-7-20(8-6-18)31-21-9-4-17(16-26-21)23(30)28-13-11-27(12-14-28)22(29)15-19-3-1-2-10-25-19/h1-10,16H,11-15H2. The van der Waals surface area contributed by atoms with Gasteiger partial charge < -0.3 is 14.5 Å². The Kier molecular flexibility index (Phi) is 6.57. The van der Waals surface area contributed by atoms with Crippen molar-refractivity contribution in [3.63, 3.8) is 0 Å². The van der Waals surface area contributed by atoms with Crippen LogP contribution >= 0.6 is 15.9 Å². The van der Waals surface area contributed by atoms with Gasteiger partial charge in [0.25, 0.3) is 5.91 Å². The molecular weight excluding hydrogens is 460 g/mol. The van der Waals surface area contributed by atoms with Gasteiger partial charge >= 0.3 is 0 Å². The molecular formula is C23H21BrN4O3. The number of benzene rings is 1. The Labute approximate surface area is 188 Å². The molecule has 0 aliphatic carbocycles. The van der Waals surface area contributed by atoms with E-state index < -0.39 is 0 Å². The van der Waals surface area contributed by atoms with Gasteiger partial charge in [0, 0.05) is 54.8 Å². The molecule has 2 aromatic heterocycles. The van der Waals surface area contributed by atoms with Crippen molar-refractivity contribution in [1.29, 1.82) is 0 Å². The number of carbonyl (C=O) groups excluding carboxylic acids is 2. The van der Waals surface area contributed by atoms with Gasteiger partial charge in [-0.1, -0.05) is 22.0 Å². The Morgan fingerprint density at radius 2 is 1.65 bits per heavy atom. The number of aromatic nitrogens is 2. The Bertz CT molecular complexity index is 1030. The molecule has 0 radical (unpaired) electrons. The molecule has 31 heavy (non-hydrogen) atoms. The van der Waals surface area contributed by atoms with Crippen LogP contribution in [0.5, 0.6) is 11.6 Å². The average molecular weight is 481 g/mol. The smallest absolute Gasteiger partial charge is 0.255 e. The number of amides is 2. The van der Waals surface area contributed by atoms with Gasteiger partial charge in [-0.05, 0) is 42.5 Å². The van der Waals surface area contributed by atoms with E-state index in [9.17, 15) is 9.59 Å². The number of rotatable bonds is 5. The van der Waals surface area contributed by atoms with Crippen molar-refractivity contribution in [3.8, 4) is 11.6 Å². The average Bonchev–Trinajstić information content (AvgIpc) is 2.81. The summed E-state index contributed by atoms with van der Waals surface area (Å²) in [5.41, 5.74) is 1.25. The topological polar surface area (TPSA) is 75.6 Å². The molecule has 1 aliphatic rings. The van der Waals surface area contributed by atoms with Crippen LogP contribution in [0.3, 0.4) is 0 Å². The predicted molar refractivity (Wildman–Crippen MR) is 119 cm³/mol. The molecule has 1 saturated heterocycles. The lowest BCUT2D eigenvalue weighted by atomic mass is 10.2. The second-order valence-electron chi connectivity index (χ2n) is 7.11. The first-order valence-corrected chi connectivity index (χ1v) is 10.7. The first kappa shape index (κ1) is 21.0. The Morgan fingerprint density at radius 1 is 0.903 bits per heavy atom. The summed E-state index contributed by atoms with van der Waals surface area (Å²) in [6.07, 6.45) is 3.48. The maximum absolute atomic E-state index is 12.8. The molecule has 0 spiro atoms. The summed E-state index contributed by atoms with van der Waals surface area (Å²) in [5, 5.41) is 0. The number of halogens is 1. The summed E-state index contributed by atoms with van der Waals surface area (Å²) >= 11 is 3.38.